The van der Waals surface area contributed by atoms with Crippen molar-refractivity contribution in [2.24, 2.45) is 0 Å². The molecule has 142 valence electrons. The highest BCUT2D eigenvalue weighted by molar-refractivity contribution is 6.25. The maximum Gasteiger partial charge on any atom is 0.326 e. The molecule has 1 aromatic carbocycles. The van der Waals surface area contributed by atoms with Gasteiger partial charge in [0, 0.05) is 29.9 Å². The van der Waals surface area contributed by atoms with Crippen LogP contribution in [-0.4, -0.2) is 56.0 Å². The lowest BCUT2D eigenvalue weighted by Crippen LogP contribution is -2.46. The Hall–Kier alpha value is -3.29. The Morgan fingerprint density at radius 1 is 1.37 bits per heavy atom. The highest BCUT2D eigenvalue weighted by Crippen LogP contribution is 2.22. The second kappa shape index (κ2) is 8.88. The number of fused-ring (bicyclic) bond motifs is 1. The molecule has 2 unspecified atom stereocenters. The van der Waals surface area contributed by atoms with Crippen molar-refractivity contribution in [3.8, 4) is 0 Å². The molecule has 9 nitrogen and oxygen atoms in total. The highest BCUT2D eigenvalue weighted by Gasteiger charge is 2.25. The summed E-state index contributed by atoms with van der Waals surface area (Å²) in [4.78, 5) is 40.4. The fraction of sp³-hybridized carbons (Fsp3) is 0.333. The van der Waals surface area contributed by atoms with Crippen LogP contribution in [0.15, 0.2) is 24.4 Å². The first kappa shape index (κ1) is 20.0. The Morgan fingerprint density at radius 3 is 2.78 bits per heavy atom. The highest BCUT2D eigenvalue weighted by atomic mass is 16.4. The third-order valence-electron chi connectivity index (χ3n) is 4.22. The van der Waals surface area contributed by atoms with Gasteiger partial charge in [0.15, 0.2) is 0 Å². The van der Waals surface area contributed by atoms with Crippen LogP contribution in [0.4, 0.5) is 0 Å². The van der Waals surface area contributed by atoms with Gasteiger partial charge in [0.25, 0.3) is 0 Å². The number of rotatable bonds is 9. The van der Waals surface area contributed by atoms with Gasteiger partial charge in [-0.15, -0.1) is 0 Å². The number of aliphatic carboxylic acids is 1. The molecule has 0 aliphatic rings. The van der Waals surface area contributed by atoms with E-state index in [0.29, 0.717) is 6.21 Å². The van der Waals surface area contributed by atoms with Crippen molar-refractivity contribution >= 4 is 34.8 Å². The number of ketones is 1. The monoisotopic (exact) mass is 372 g/mol. The number of aliphatic hydroxyl groups is 1. The van der Waals surface area contributed by atoms with Crippen molar-refractivity contribution in [2.75, 3.05) is 0 Å². The van der Waals surface area contributed by atoms with Crippen LogP contribution in [0, 0.1) is 6.92 Å². The zero-order valence-corrected chi connectivity index (χ0v) is 14.7. The van der Waals surface area contributed by atoms with E-state index in [1.54, 1.807) is 6.20 Å². The number of nitrogens with one attached hydrogen (secondary N) is 2. The van der Waals surface area contributed by atoms with Gasteiger partial charge in [0.05, 0.1) is 0 Å². The number of amides is 1. The lowest BCUT2D eigenvalue weighted by atomic mass is 10.0. The number of aromatic nitrogens is 1. The van der Waals surface area contributed by atoms with E-state index in [0.717, 1.165) is 22.0 Å². The van der Waals surface area contributed by atoms with Crippen molar-refractivity contribution in [3.63, 3.8) is 0 Å². The SMILES string of the molecule is Cc1cccc2c(CC(O)C(=O)NC(CCC(=O)C=[N+]=[N-])C(=O)O)c[nH]c12. The van der Waals surface area contributed by atoms with Crippen LogP contribution in [0.2, 0.25) is 0 Å². The number of hydrogen-bond donors (Lipinski definition) is 4. The minimum Gasteiger partial charge on any atom is -0.480 e. The van der Waals surface area contributed by atoms with Crippen molar-refractivity contribution in [1.29, 1.82) is 0 Å². The van der Waals surface area contributed by atoms with E-state index in [1.807, 2.05) is 25.1 Å². The fourth-order valence-electron chi connectivity index (χ4n) is 2.77. The molecule has 0 fully saturated rings. The normalized spacial score (nSPS) is 12.8. The van der Waals surface area contributed by atoms with Crippen LogP contribution < -0.4 is 5.32 Å². The molecule has 0 radical (unpaired) electrons. The largest absolute Gasteiger partial charge is 0.480 e. The van der Waals surface area contributed by atoms with E-state index in [2.05, 4.69) is 15.1 Å². The molecule has 9 heteroatoms. The van der Waals surface area contributed by atoms with Crippen molar-refractivity contribution in [3.05, 3.63) is 41.1 Å². The zero-order valence-electron chi connectivity index (χ0n) is 14.7. The molecule has 1 amide bonds. The van der Waals surface area contributed by atoms with Crippen molar-refractivity contribution in [1.82, 2.24) is 10.3 Å². The first-order chi connectivity index (χ1) is 12.8. The first-order valence-electron chi connectivity index (χ1n) is 8.30. The summed E-state index contributed by atoms with van der Waals surface area (Å²) in [6.45, 7) is 1.94. The van der Waals surface area contributed by atoms with E-state index in [4.69, 9.17) is 5.53 Å². The average molecular weight is 372 g/mol. The summed E-state index contributed by atoms with van der Waals surface area (Å²) in [6, 6.07) is 4.33. The summed E-state index contributed by atoms with van der Waals surface area (Å²) < 4.78 is 0. The number of nitrogens with zero attached hydrogens (tertiary/aromatic N) is 2. The first-order valence-corrected chi connectivity index (χ1v) is 8.30. The van der Waals surface area contributed by atoms with Crippen LogP contribution in [-0.2, 0) is 20.8 Å². The number of H-pyrrole nitrogens is 1. The van der Waals surface area contributed by atoms with Crippen LogP contribution >= 0.6 is 0 Å². The second-order valence-corrected chi connectivity index (χ2v) is 6.18. The van der Waals surface area contributed by atoms with Crippen LogP contribution in [0.1, 0.15) is 24.0 Å². The Balaban J connectivity index is 2.02. The second-order valence-electron chi connectivity index (χ2n) is 6.18. The van der Waals surface area contributed by atoms with Crippen molar-refractivity contribution in [2.45, 2.75) is 38.3 Å². The van der Waals surface area contributed by atoms with Gasteiger partial charge < -0.3 is 26.0 Å². The quantitative estimate of drug-likeness (QED) is 0.288. The summed E-state index contributed by atoms with van der Waals surface area (Å²) in [5.74, 6) is -2.74. The number of carbonyl (C=O) groups excluding carboxylic acids is 2. The molecule has 4 N–H and O–H groups in total. The molecule has 1 heterocycles. The van der Waals surface area contributed by atoms with Gasteiger partial charge in [0.2, 0.25) is 11.7 Å². The number of carboxylic acids is 1. The molecule has 0 aliphatic carbocycles. The van der Waals surface area contributed by atoms with Crippen LogP contribution in [0.3, 0.4) is 0 Å². The number of hydrogen-bond acceptors (Lipinski definition) is 4. The number of benzene rings is 1. The standard InChI is InChI=1S/C18H20N4O5/c1-10-3-2-4-13-11(8-20-16(10)13)7-15(24)17(25)22-14(18(26)27)6-5-12(23)9-21-19/h2-4,8-9,14-15,20,24H,5-7H2,1H3,(H,22,25)(H,26,27). The van der Waals surface area contributed by atoms with Crippen LogP contribution in [0.25, 0.3) is 16.4 Å². The summed E-state index contributed by atoms with van der Waals surface area (Å²) >= 11 is 0. The van der Waals surface area contributed by atoms with Crippen molar-refractivity contribution < 1.29 is 29.4 Å². The van der Waals surface area contributed by atoms with Gasteiger partial charge in [-0.25, -0.2) is 4.79 Å². The summed E-state index contributed by atoms with van der Waals surface area (Å²) in [5, 5.41) is 22.5. The van der Waals surface area contributed by atoms with Gasteiger partial charge in [0.1, 0.15) is 12.1 Å². The topological polar surface area (TPSA) is 156 Å². The molecule has 0 bridgehead atoms. The number of aliphatic hydroxyl groups excluding tert-OH is 1. The summed E-state index contributed by atoms with van der Waals surface area (Å²) in [6.07, 6.45) is 0.521. The zero-order chi connectivity index (χ0) is 20.0. The van der Waals surface area contributed by atoms with Gasteiger partial charge >= 0.3 is 12.2 Å². The summed E-state index contributed by atoms with van der Waals surface area (Å²) in [7, 11) is 0. The van der Waals surface area contributed by atoms with E-state index in [9.17, 15) is 24.6 Å². The number of carboxylic acid groups (broad SMARTS) is 1. The predicted molar refractivity (Wildman–Crippen MR) is 96.2 cm³/mol. The van der Waals surface area contributed by atoms with E-state index >= 15 is 0 Å². The molecule has 0 saturated carbocycles. The maximum absolute atomic E-state index is 12.2. The average Bonchev–Trinajstić information content (AvgIpc) is 3.02. The number of aryl methyl sites for hydroxylation is 1. The molecule has 0 aliphatic heterocycles. The number of aromatic amines is 1. The van der Waals surface area contributed by atoms with Crippen LogP contribution in [0.5, 0.6) is 0 Å². The smallest absolute Gasteiger partial charge is 0.326 e. The Kier molecular flexibility index (Phi) is 6.59. The summed E-state index contributed by atoms with van der Waals surface area (Å²) in [5.41, 5.74) is 10.9. The molecular formula is C18H20N4O5. The Labute approximate surface area is 154 Å². The molecule has 0 saturated heterocycles. The van der Waals surface area contributed by atoms with Gasteiger partial charge in [-0.3, -0.25) is 9.59 Å². The molecular weight excluding hydrogens is 352 g/mol. The minimum atomic E-state index is -1.44. The lowest BCUT2D eigenvalue weighted by molar-refractivity contribution is -0.143. The van der Waals surface area contributed by atoms with E-state index in [1.165, 1.54) is 0 Å². The van der Waals surface area contributed by atoms with Gasteiger partial charge in [-0.1, -0.05) is 18.2 Å². The maximum atomic E-state index is 12.2. The van der Waals surface area contributed by atoms with E-state index < -0.39 is 29.8 Å². The molecule has 2 atom stereocenters. The third-order valence-corrected chi connectivity index (χ3v) is 4.22. The number of carbonyl (C=O) groups is 3. The number of Topliss-reactive ketones (excluding diaryl/α,β-unsaturated/α-hetero) is 1. The third kappa shape index (κ3) is 5.10. The number of para-hydroxylation sites is 1. The molecule has 0 spiro atoms. The Bertz CT molecular complexity index is 914. The fourth-order valence-corrected chi connectivity index (χ4v) is 2.77. The minimum absolute atomic E-state index is 0.0116. The predicted octanol–water partition coefficient (Wildman–Crippen LogP) is 0.599. The molecule has 27 heavy (non-hydrogen) atoms. The van der Waals surface area contributed by atoms with Gasteiger partial charge in [-0.2, -0.15) is 4.79 Å². The lowest BCUT2D eigenvalue weighted by Gasteiger charge is -2.16. The molecule has 2 aromatic rings. The van der Waals surface area contributed by atoms with Gasteiger partial charge in [-0.05, 0) is 24.5 Å². The van der Waals surface area contributed by atoms with E-state index in [-0.39, 0.29) is 19.3 Å². The molecule has 1 aromatic heterocycles. The molecule has 2 rings (SSSR count). The Morgan fingerprint density at radius 2 is 2.11 bits per heavy atom.